The number of rotatable bonds is 3. The smallest absolute Gasteiger partial charge is 0.243 e. The minimum absolute atomic E-state index is 0.0421. The zero-order valence-corrected chi connectivity index (χ0v) is 5.42. The summed E-state index contributed by atoms with van der Waals surface area (Å²) in [5.74, 6) is -0.253. The topological polar surface area (TPSA) is 49.3 Å². The Labute approximate surface area is 54.4 Å². The number of hydrogen-bond donors (Lipinski definition) is 2. The van der Waals surface area contributed by atoms with Crippen LogP contribution in [-0.4, -0.2) is 23.7 Å². The number of hydrogen-bond acceptors (Lipinski definition) is 2. The van der Waals surface area contributed by atoms with Crippen molar-refractivity contribution in [1.82, 2.24) is 5.32 Å². The molecule has 0 aliphatic rings. The van der Waals surface area contributed by atoms with E-state index in [1.165, 1.54) is 6.08 Å². The van der Waals surface area contributed by atoms with Crippen LogP contribution in [0.4, 0.5) is 0 Å². The van der Waals surface area contributed by atoms with E-state index in [1.54, 1.807) is 6.92 Å². The fraction of sp³-hybridized carbons (Fsp3) is 0.500. The molecule has 0 aromatic rings. The van der Waals surface area contributed by atoms with Crippen molar-refractivity contribution in [3.63, 3.8) is 0 Å². The minimum atomic E-state index is -0.253. The summed E-state index contributed by atoms with van der Waals surface area (Å²) in [6, 6.07) is -0.185. The van der Waals surface area contributed by atoms with E-state index < -0.39 is 0 Å². The molecule has 1 amide bonds. The number of aliphatic hydroxyl groups is 1. The van der Waals surface area contributed by atoms with Gasteiger partial charge in [-0.1, -0.05) is 6.58 Å². The van der Waals surface area contributed by atoms with Crippen LogP contribution in [-0.2, 0) is 4.79 Å². The van der Waals surface area contributed by atoms with Gasteiger partial charge in [-0.15, -0.1) is 0 Å². The van der Waals surface area contributed by atoms with Crippen LogP contribution in [0.5, 0.6) is 0 Å². The number of carbonyl (C=O) groups excluding carboxylic acids is 1. The average Bonchev–Trinajstić information content (AvgIpc) is 1.87. The third kappa shape index (κ3) is 3.73. The summed E-state index contributed by atoms with van der Waals surface area (Å²) in [6.45, 7) is 4.92. The molecule has 0 heterocycles. The largest absolute Gasteiger partial charge is 0.394 e. The molecule has 3 nitrogen and oxygen atoms in total. The van der Waals surface area contributed by atoms with Gasteiger partial charge in [0.15, 0.2) is 0 Å². The van der Waals surface area contributed by atoms with E-state index in [0.29, 0.717) is 0 Å². The minimum Gasteiger partial charge on any atom is -0.394 e. The molecule has 0 saturated carbocycles. The quantitative estimate of drug-likeness (QED) is 0.512. The van der Waals surface area contributed by atoms with E-state index in [1.807, 2.05) is 0 Å². The third-order valence-electron chi connectivity index (χ3n) is 0.848. The second-order valence-corrected chi connectivity index (χ2v) is 1.80. The molecular formula is C6H11NO2. The summed E-state index contributed by atoms with van der Waals surface area (Å²) in [7, 11) is 0. The van der Waals surface area contributed by atoms with Gasteiger partial charge in [0, 0.05) is 6.04 Å². The van der Waals surface area contributed by atoms with Gasteiger partial charge in [0.1, 0.15) is 0 Å². The van der Waals surface area contributed by atoms with Crippen LogP contribution in [0.1, 0.15) is 6.92 Å². The van der Waals surface area contributed by atoms with Gasteiger partial charge >= 0.3 is 0 Å². The van der Waals surface area contributed by atoms with Crippen LogP contribution >= 0.6 is 0 Å². The van der Waals surface area contributed by atoms with Gasteiger partial charge in [0.05, 0.1) is 6.61 Å². The SMILES string of the molecule is C=CC(=O)N[C@@H](C)CO. The second kappa shape index (κ2) is 4.09. The highest BCUT2D eigenvalue weighted by atomic mass is 16.3. The first-order chi connectivity index (χ1) is 4.20. The highest BCUT2D eigenvalue weighted by molar-refractivity contribution is 5.87. The van der Waals surface area contributed by atoms with Crippen molar-refractivity contribution in [2.75, 3.05) is 6.61 Å². The lowest BCUT2D eigenvalue weighted by atomic mass is 10.3. The van der Waals surface area contributed by atoms with Crippen LogP contribution < -0.4 is 5.32 Å². The van der Waals surface area contributed by atoms with Gasteiger partial charge in [-0.2, -0.15) is 0 Å². The molecule has 0 unspecified atom stereocenters. The second-order valence-electron chi connectivity index (χ2n) is 1.80. The first-order valence-corrected chi connectivity index (χ1v) is 2.74. The first-order valence-electron chi connectivity index (χ1n) is 2.74. The van der Waals surface area contributed by atoms with Crippen LogP contribution in [0.2, 0.25) is 0 Å². The van der Waals surface area contributed by atoms with Crippen LogP contribution in [0.15, 0.2) is 12.7 Å². The molecule has 0 bridgehead atoms. The summed E-state index contributed by atoms with van der Waals surface area (Å²) in [5, 5.41) is 10.9. The lowest BCUT2D eigenvalue weighted by Crippen LogP contribution is -2.33. The summed E-state index contributed by atoms with van der Waals surface area (Å²) in [5.41, 5.74) is 0. The highest BCUT2D eigenvalue weighted by Crippen LogP contribution is 1.77. The summed E-state index contributed by atoms with van der Waals surface area (Å²) < 4.78 is 0. The van der Waals surface area contributed by atoms with Gasteiger partial charge < -0.3 is 10.4 Å². The molecule has 9 heavy (non-hydrogen) atoms. The van der Waals surface area contributed by atoms with Crippen LogP contribution in [0, 0.1) is 0 Å². The van der Waals surface area contributed by atoms with Gasteiger partial charge in [-0.25, -0.2) is 0 Å². The summed E-state index contributed by atoms with van der Waals surface area (Å²) in [4.78, 5) is 10.4. The maximum absolute atomic E-state index is 10.4. The maximum atomic E-state index is 10.4. The Morgan fingerprint density at radius 1 is 2.00 bits per heavy atom. The van der Waals surface area contributed by atoms with Crippen molar-refractivity contribution in [2.45, 2.75) is 13.0 Å². The standard InChI is InChI=1S/C6H11NO2/c1-3-6(9)7-5(2)4-8/h3,5,8H,1,4H2,2H3,(H,7,9)/t5-/m0/s1. The van der Waals surface area contributed by atoms with E-state index in [2.05, 4.69) is 11.9 Å². The number of aliphatic hydroxyl groups excluding tert-OH is 1. The Balaban J connectivity index is 3.46. The molecule has 0 fully saturated rings. The Morgan fingerprint density at radius 2 is 2.56 bits per heavy atom. The van der Waals surface area contributed by atoms with Crippen LogP contribution in [0.25, 0.3) is 0 Å². The van der Waals surface area contributed by atoms with Crippen molar-refractivity contribution >= 4 is 5.91 Å². The molecule has 1 atom stereocenters. The Kier molecular flexibility index (Phi) is 3.71. The normalized spacial score (nSPS) is 12.2. The molecule has 0 aromatic carbocycles. The fourth-order valence-electron chi connectivity index (χ4n) is 0.347. The Bertz CT molecular complexity index is 112. The lowest BCUT2D eigenvalue weighted by Gasteiger charge is -2.06. The van der Waals surface area contributed by atoms with Crippen molar-refractivity contribution in [2.24, 2.45) is 0 Å². The van der Waals surface area contributed by atoms with Crippen molar-refractivity contribution in [3.8, 4) is 0 Å². The molecule has 0 aromatic heterocycles. The van der Waals surface area contributed by atoms with Gasteiger partial charge in [-0.3, -0.25) is 4.79 Å². The first kappa shape index (κ1) is 8.17. The van der Waals surface area contributed by atoms with E-state index in [0.717, 1.165) is 0 Å². The van der Waals surface area contributed by atoms with Crippen LogP contribution in [0.3, 0.4) is 0 Å². The van der Waals surface area contributed by atoms with E-state index in [4.69, 9.17) is 5.11 Å². The Hall–Kier alpha value is -0.830. The fourth-order valence-corrected chi connectivity index (χ4v) is 0.347. The average molecular weight is 129 g/mol. The highest BCUT2D eigenvalue weighted by Gasteiger charge is 1.99. The molecule has 2 N–H and O–H groups in total. The number of amides is 1. The van der Waals surface area contributed by atoms with E-state index in [-0.39, 0.29) is 18.6 Å². The molecule has 0 rings (SSSR count). The number of carbonyl (C=O) groups is 1. The van der Waals surface area contributed by atoms with Gasteiger partial charge in [0.25, 0.3) is 0 Å². The molecule has 0 saturated heterocycles. The zero-order chi connectivity index (χ0) is 7.28. The third-order valence-corrected chi connectivity index (χ3v) is 0.848. The van der Waals surface area contributed by atoms with Crippen molar-refractivity contribution < 1.29 is 9.90 Å². The molecule has 0 radical (unpaired) electrons. The molecule has 0 aliphatic carbocycles. The predicted molar refractivity (Wildman–Crippen MR) is 34.9 cm³/mol. The van der Waals surface area contributed by atoms with Crippen molar-refractivity contribution in [1.29, 1.82) is 0 Å². The zero-order valence-electron chi connectivity index (χ0n) is 5.42. The maximum Gasteiger partial charge on any atom is 0.243 e. The summed E-state index contributed by atoms with van der Waals surface area (Å²) in [6.07, 6.45) is 1.17. The molecular weight excluding hydrogens is 118 g/mol. The molecule has 0 aliphatic heterocycles. The predicted octanol–water partition coefficient (Wildman–Crippen LogP) is -0.331. The van der Waals surface area contributed by atoms with E-state index in [9.17, 15) is 4.79 Å². The Morgan fingerprint density at radius 3 is 2.89 bits per heavy atom. The monoisotopic (exact) mass is 129 g/mol. The molecule has 52 valence electrons. The van der Waals surface area contributed by atoms with E-state index >= 15 is 0 Å². The molecule has 3 heteroatoms. The van der Waals surface area contributed by atoms with Crippen molar-refractivity contribution in [3.05, 3.63) is 12.7 Å². The lowest BCUT2D eigenvalue weighted by molar-refractivity contribution is -0.117. The molecule has 0 spiro atoms. The van der Waals surface area contributed by atoms with Gasteiger partial charge in [0.2, 0.25) is 5.91 Å². The van der Waals surface area contributed by atoms with Gasteiger partial charge in [-0.05, 0) is 13.0 Å². The number of nitrogens with one attached hydrogen (secondary N) is 1. The summed E-state index contributed by atoms with van der Waals surface area (Å²) >= 11 is 0.